The number of ether oxygens (including phenoxy) is 1. The second-order valence-electron chi connectivity index (χ2n) is 6.00. The van der Waals surface area contributed by atoms with Gasteiger partial charge in [0.25, 0.3) is 0 Å². The number of carbonyl (C=O) groups excluding carboxylic acids is 2. The van der Waals surface area contributed by atoms with Crippen LogP contribution in [0.4, 0.5) is 13.2 Å². The van der Waals surface area contributed by atoms with E-state index in [0.717, 1.165) is 0 Å². The predicted molar refractivity (Wildman–Crippen MR) is 90.6 cm³/mol. The van der Waals surface area contributed by atoms with Crippen LogP contribution in [0.2, 0.25) is 0 Å². The molecule has 0 radical (unpaired) electrons. The van der Waals surface area contributed by atoms with Crippen molar-refractivity contribution in [2.75, 3.05) is 6.61 Å². The summed E-state index contributed by atoms with van der Waals surface area (Å²) in [4.78, 5) is 24.3. The summed E-state index contributed by atoms with van der Waals surface area (Å²) in [5.41, 5.74) is -1.52. The van der Waals surface area contributed by atoms with Crippen LogP contribution in [-0.2, 0) is 19.2 Å². The number of alkyl halides is 3. The van der Waals surface area contributed by atoms with E-state index in [1.165, 1.54) is 36.4 Å². The van der Waals surface area contributed by atoms with Crippen molar-refractivity contribution in [3.8, 4) is 0 Å². The molecule has 1 atom stereocenters. The number of fused-ring (bicyclic) bond motifs is 9. The molecule has 0 spiro atoms. The van der Waals surface area contributed by atoms with Gasteiger partial charge in [-0.3, -0.25) is 0 Å². The maximum absolute atomic E-state index is 13.3. The van der Waals surface area contributed by atoms with Gasteiger partial charge in [0.05, 0.1) is 17.5 Å². The largest absolute Gasteiger partial charge is 0.496 e. The molecule has 0 fully saturated rings. The molecule has 0 amide bonds. The zero-order chi connectivity index (χ0) is 19.5. The zero-order valence-corrected chi connectivity index (χ0v) is 15.4. The number of hydrogen-bond donors (Lipinski definition) is 0. The molecular formula is C18H15F3O5Si. The van der Waals surface area contributed by atoms with E-state index in [4.69, 9.17) is 13.6 Å². The standard InChI is InChI=1S/C18H15F3O5Si/c19-18(20,21)10-17(14-4-2-1-3-5-14)11-24-15(22)12-6-8-13(9-7-12)16(23)25-27-26-17/h1-9H,10-11,27H2. The molecule has 2 bridgehead atoms. The van der Waals surface area contributed by atoms with Gasteiger partial charge in [0.15, 0.2) is 0 Å². The summed E-state index contributed by atoms with van der Waals surface area (Å²) in [7, 11) is -2.15. The number of hydrogen-bond acceptors (Lipinski definition) is 5. The summed E-state index contributed by atoms with van der Waals surface area (Å²) in [5, 5.41) is 0. The molecule has 0 N–H and O–H groups in total. The molecule has 2 aliphatic heterocycles. The van der Waals surface area contributed by atoms with E-state index in [2.05, 4.69) is 0 Å². The fraction of sp³-hybridized carbons (Fsp3) is 0.222. The van der Waals surface area contributed by atoms with E-state index in [-0.39, 0.29) is 16.7 Å². The lowest BCUT2D eigenvalue weighted by Crippen LogP contribution is -2.42. The van der Waals surface area contributed by atoms with Crippen molar-refractivity contribution < 1.29 is 36.3 Å². The Labute approximate surface area is 155 Å². The zero-order valence-electron chi connectivity index (χ0n) is 14.0. The van der Waals surface area contributed by atoms with Gasteiger partial charge in [0.2, 0.25) is 0 Å². The minimum absolute atomic E-state index is 0.110. The van der Waals surface area contributed by atoms with Crippen molar-refractivity contribution in [3.63, 3.8) is 0 Å². The highest BCUT2D eigenvalue weighted by Crippen LogP contribution is 2.38. The normalized spacial score (nSPS) is 21.9. The minimum atomic E-state index is -4.60. The molecule has 1 unspecified atom stereocenters. The average Bonchev–Trinajstić information content (AvgIpc) is 2.64. The van der Waals surface area contributed by atoms with Gasteiger partial charge < -0.3 is 13.6 Å². The van der Waals surface area contributed by atoms with E-state index in [1.807, 2.05) is 0 Å². The molecule has 142 valence electrons. The average molecular weight is 396 g/mol. The molecule has 9 heteroatoms. The smallest absolute Gasteiger partial charge is 0.392 e. The fourth-order valence-electron chi connectivity index (χ4n) is 2.77. The Hall–Kier alpha value is -2.65. The maximum Gasteiger partial charge on any atom is 0.392 e. The van der Waals surface area contributed by atoms with Crippen LogP contribution in [0.15, 0.2) is 54.6 Å². The number of rotatable bonds is 2. The van der Waals surface area contributed by atoms with Crippen molar-refractivity contribution in [1.82, 2.24) is 0 Å². The summed E-state index contributed by atoms with van der Waals surface area (Å²) in [6.07, 6.45) is -5.99. The van der Waals surface area contributed by atoms with E-state index in [0.29, 0.717) is 0 Å². The van der Waals surface area contributed by atoms with Crippen LogP contribution in [0, 0.1) is 0 Å². The van der Waals surface area contributed by atoms with Gasteiger partial charge in [-0.05, 0) is 29.8 Å². The Morgan fingerprint density at radius 2 is 1.52 bits per heavy atom. The molecule has 27 heavy (non-hydrogen) atoms. The van der Waals surface area contributed by atoms with Crippen molar-refractivity contribution in [2.45, 2.75) is 18.2 Å². The Kier molecular flexibility index (Phi) is 5.33. The first-order valence-corrected chi connectivity index (χ1v) is 9.15. The van der Waals surface area contributed by atoms with Crippen LogP contribution in [0.25, 0.3) is 0 Å². The van der Waals surface area contributed by atoms with Crippen molar-refractivity contribution in [3.05, 3.63) is 71.3 Å². The van der Waals surface area contributed by atoms with Gasteiger partial charge in [-0.15, -0.1) is 0 Å². The van der Waals surface area contributed by atoms with E-state index >= 15 is 0 Å². The molecule has 4 rings (SSSR count). The van der Waals surface area contributed by atoms with Crippen LogP contribution >= 0.6 is 0 Å². The molecule has 2 aromatic rings. The lowest BCUT2D eigenvalue weighted by Gasteiger charge is -2.35. The van der Waals surface area contributed by atoms with Crippen molar-refractivity contribution in [1.29, 1.82) is 0 Å². The third kappa shape index (κ3) is 4.55. The van der Waals surface area contributed by atoms with Gasteiger partial charge >= 0.3 is 28.1 Å². The first-order chi connectivity index (χ1) is 12.8. The Bertz CT molecular complexity index is 823. The maximum atomic E-state index is 13.3. The Morgan fingerprint density at radius 3 is 2.11 bits per heavy atom. The lowest BCUT2D eigenvalue weighted by molar-refractivity contribution is -0.182. The quantitative estimate of drug-likeness (QED) is 0.577. The summed E-state index contributed by atoms with van der Waals surface area (Å²) >= 11 is 0. The second kappa shape index (κ2) is 7.53. The van der Waals surface area contributed by atoms with Gasteiger partial charge in [0.1, 0.15) is 12.2 Å². The van der Waals surface area contributed by atoms with E-state index in [9.17, 15) is 22.8 Å². The summed E-state index contributed by atoms with van der Waals surface area (Å²) in [6, 6.07) is 13.1. The van der Waals surface area contributed by atoms with Gasteiger partial charge in [-0.25, -0.2) is 9.59 Å². The van der Waals surface area contributed by atoms with Crippen molar-refractivity contribution in [2.24, 2.45) is 0 Å². The molecule has 0 aromatic heterocycles. The van der Waals surface area contributed by atoms with Crippen LogP contribution in [0.3, 0.4) is 0 Å². The fourth-order valence-corrected chi connectivity index (χ4v) is 3.68. The molecule has 2 aromatic carbocycles. The molecular weight excluding hydrogens is 381 g/mol. The third-order valence-corrected chi connectivity index (χ3v) is 5.15. The number of esters is 1. The van der Waals surface area contributed by atoms with Gasteiger partial charge in [-0.1, -0.05) is 30.3 Å². The van der Waals surface area contributed by atoms with E-state index < -0.39 is 46.8 Å². The van der Waals surface area contributed by atoms with Gasteiger partial charge in [0, 0.05) is 0 Å². The predicted octanol–water partition coefficient (Wildman–Crippen LogP) is 2.88. The lowest BCUT2D eigenvalue weighted by atomic mass is 9.91. The molecule has 0 saturated carbocycles. The highest BCUT2D eigenvalue weighted by molar-refractivity contribution is 6.24. The summed E-state index contributed by atoms with van der Waals surface area (Å²) in [5.74, 6) is -1.51. The second-order valence-corrected chi connectivity index (χ2v) is 6.81. The Balaban J connectivity index is 2.01. The van der Waals surface area contributed by atoms with E-state index in [1.54, 1.807) is 18.2 Å². The van der Waals surface area contributed by atoms with Crippen LogP contribution < -0.4 is 0 Å². The number of benzene rings is 2. The topological polar surface area (TPSA) is 61.8 Å². The highest BCUT2D eigenvalue weighted by atomic mass is 28.3. The molecule has 5 nitrogen and oxygen atoms in total. The molecule has 0 aliphatic carbocycles. The monoisotopic (exact) mass is 396 g/mol. The molecule has 0 saturated heterocycles. The van der Waals surface area contributed by atoms with Crippen LogP contribution in [0.5, 0.6) is 0 Å². The third-order valence-electron chi connectivity index (χ3n) is 4.10. The highest BCUT2D eigenvalue weighted by Gasteiger charge is 2.46. The van der Waals surface area contributed by atoms with Crippen molar-refractivity contribution >= 4 is 21.9 Å². The summed E-state index contributed by atoms with van der Waals surface area (Å²) in [6.45, 7) is -0.665. The first kappa shape index (κ1) is 19.1. The first-order valence-electron chi connectivity index (χ1n) is 8.00. The van der Waals surface area contributed by atoms with Crippen LogP contribution in [0.1, 0.15) is 32.7 Å². The minimum Gasteiger partial charge on any atom is -0.496 e. The number of carbonyl (C=O) groups is 2. The molecule has 2 heterocycles. The molecule has 2 aliphatic rings. The Morgan fingerprint density at radius 1 is 0.926 bits per heavy atom. The summed E-state index contributed by atoms with van der Waals surface area (Å²) < 4.78 is 55.7. The van der Waals surface area contributed by atoms with Gasteiger partial charge in [-0.2, -0.15) is 13.2 Å². The number of halogens is 3. The van der Waals surface area contributed by atoms with Crippen LogP contribution in [-0.4, -0.2) is 34.7 Å². The SMILES string of the molecule is O=C1OCC(CC(F)(F)F)(c2ccccc2)O[SiH2]OC(=O)c2ccc1cc2.